The number of aryl methyl sites for hydroxylation is 2. The topological polar surface area (TPSA) is 81.2 Å². The Morgan fingerprint density at radius 2 is 2.23 bits per heavy atom. The van der Waals surface area contributed by atoms with Gasteiger partial charge in [-0.05, 0) is 32.4 Å². The highest BCUT2D eigenvalue weighted by molar-refractivity contribution is 6.01. The molecule has 1 saturated carbocycles. The van der Waals surface area contributed by atoms with E-state index in [1.807, 2.05) is 26.0 Å². The van der Waals surface area contributed by atoms with Crippen molar-refractivity contribution in [3.8, 4) is 0 Å². The highest BCUT2D eigenvalue weighted by Gasteiger charge is 2.46. The van der Waals surface area contributed by atoms with Crippen LogP contribution in [-0.4, -0.2) is 15.9 Å². The number of nitrogens with one attached hydrogen (secondary N) is 1. The van der Waals surface area contributed by atoms with Gasteiger partial charge in [-0.15, -0.1) is 0 Å². The van der Waals surface area contributed by atoms with Crippen LogP contribution in [0.4, 0.5) is 5.82 Å². The summed E-state index contributed by atoms with van der Waals surface area (Å²) in [6, 6.07) is 3.75. The van der Waals surface area contributed by atoms with E-state index in [9.17, 15) is 4.79 Å². The lowest BCUT2D eigenvalue weighted by Crippen LogP contribution is -2.15. The molecule has 4 rings (SSSR count). The van der Waals surface area contributed by atoms with Crippen molar-refractivity contribution in [1.82, 2.24) is 9.97 Å². The fourth-order valence-electron chi connectivity index (χ4n) is 2.79. The van der Waals surface area contributed by atoms with Crippen molar-refractivity contribution in [2.75, 3.05) is 5.32 Å². The van der Waals surface area contributed by atoms with Crippen LogP contribution in [0.1, 0.15) is 29.4 Å². The first-order chi connectivity index (χ1) is 10.6. The van der Waals surface area contributed by atoms with Crippen LogP contribution in [0.5, 0.6) is 0 Å². The Morgan fingerprint density at radius 1 is 1.36 bits per heavy atom. The first kappa shape index (κ1) is 13.1. The lowest BCUT2D eigenvalue weighted by Gasteiger charge is -2.04. The molecule has 1 amide bonds. The molecule has 3 aromatic heterocycles. The summed E-state index contributed by atoms with van der Waals surface area (Å²) < 4.78 is 10.9. The summed E-state index contributed by atoms with van der Waals surface area (Å²) in [5, 5.41) is 3.67. The molecule has 22 heavy (non-hydrogen) atoms. The molecule has 3 aromatic rings. The number of amides is 1. The third-order valence-electron chi connectivity index (χ3n) is 4.24. The van der Waals surface area contributed by atoms with E-state index in [2.05, 4.69) is 15.3 Å². The monoisotopic (exact) mass is 297 g/mol. The average Bonchev–Trinajstić information content (AvgIpc) is 3.00. The predicted octanol–water partition coefficient (Wildman–Crippen LogP) is 3.17. The summed E-state index contributed by atoms with van der Waals surface area (Å²) in [5.41, 5.74) is 1.45. The number of aromatic nitrogens is 2. The molecule has 1 aliphatic rings. The Kier molecular flexibility index (Phi) is 2.79. The number of hydrogen-bond donors (Lipinski definition) is 1. The summed E-state index contributed by atoms with van der Waals surface area (Å²) in [6.45, 7) is 3.80. The quantitative estimate of drug-likeness (QED) is 0.803. The number of carbonyl (C=O) groups excluding carboxylic acids is 1. The first-order valence-corrected chi connectivity index (χ1v) is 7.20. The summed E-state index contributed by atoms with van der Waals surface area (Å²) in [7, 11) is 0. The van der Waals surface area contributed by atoms with Gasteiger partial charge in [0.1, 0.15) is 23.7 Å². The third-order valence-corrected chi connectivity index (χ3v) is 4.24. The molecule has 1 fully saturated rings. The maximum absolute atomic E-state index is 12.4. The van der Waals surface area contributed by atoms with Crippen molar-refractivity contribution < 1.29 is 13.6 Å². The van der Waals surface area contributed by atoms with E-state index in [1.165, 1.54) is 6.33 Å². The van der Waals surface area contributed by atoms with Crippen molar-refractivity contribution in [3.63, 3.8) is 0 Å². The van der Waals surface area contributed by atoms with E-state index in [0.29, 0.717) is 11.5 Å². The molecule has 1 N–H and O–H groups in total. The predicted molar refractivity (Wildman–Crippen MR) is 79.5 cm³/mol. The standard InChI is InChI=1S/C16H15N3O3/c1-8-9(2)22-16-13(8)14(17-7-18-16)19-15(20)11-6-10(11)12-4-3-5-21-12/h3-5,7,10-11H,6H2,1-2H3,(H,17,18,19,20)/t10-,11+/m0/s1. The van der Waals surface area contributed by atoms with E-state index in [0.717, 1.165) is 28.9 Å². The number of furan rings is 2. The van der Waals surface area contributed by atoms with Gasteiger partial charge in [-0.25, -0.2) is 9.97 Å². The summed E-state index contributed by atoms with van der Waals surface area (Å²) in [6.07, 6.45) is 3.84. The molecule has 1 aliphatic carbocycles. The SMILES string of the molecule is Cc1oc2ncnc(NC(=O)[C@@H]3C[C@@H]3c3ccco3)c2c1C. The molecular weight excluding hydrogens is 282 g/mol. The molecule has 0 aromatic carbocycles. The van der Waals surface area contributed by atoms with Crippen molar-refractivity contribution in [2.45, 2.75) is 26.2 Å². The van der Waals surface area contributed by atoms with Gasteiger partial charge in [0.25, 0.3) is 0 Å². The maximum atomic E-state index is 12.4. The summed E-state index contributed by atoms with van der Waals surface area (Å²) in [5.74, 6) is 2.22. The largest absolute Gasteiger partial charge is 0.469 e. The molecule has 0 radical (unpaired) electrons. The van der Waals surface area contributed by atoms with E-state index < -0.39 is 0 Å². The highest BCUT2D eigenvalue weighted by atomic mass is 16.3. The second-order valence-electron chi connectivity index (χ2n) is 5.64. The van der Waals surface area contributed by atoms with Crippen molar-refractivity contribution >= 4 is 22.8 Å². The van der Waals surface area contributed by atoms with Gasteiger partial charge in [0, 0.05) is 17.4 Å². The van der Waals surface area contributed by atoms with Crippen LogP contribution in [0.25, 0.3) is 11.1 Å². The van der Waals surface area contributed by atoms with Gasteiger partial charge in [-0.2, -0.15) is 0 Å². The van der Waals surface area contributed by atoms with Gasteiger partial charge in [0.05, 0.1) is 11.6 Å². The molecule has 2 atom stereocenters. The molecule has 6 heteroatoms. The van der Waals surface area contributed by atoms with Crippen molar-refractivity contribution in [3.05, 3.63) is 41.8 Å². The summed E-state index contributed by atoms with van der Waals surface area (Å²) >= 11 is 0. The molecule has 3 heterocycles. The van der Waals surface area contributed by atoms with Crippen LogP contribution in [0.2, 0.25) is 0 Å². The van der Waals surface area contributed by atoms with Crippen LogP contribution in [0, 0.1) is 19.8 Å². The number of hydrogen-bond acceptors (Lipinski definition) is 5. The van der Waals surface area contributed by atoms with Crippen molar-refractivity contribution in [2.24, 2.45) is 5.92 Å². The number of anilines is 1. The zero-order valence-corrected chi connectivity index (χ0v) is 12.3. The van der Waals surface area contributed by atoms with Gasteiger partial charge in [-0.1, -0.05) is 0 Å². The van der Waals surface area contributed by atoms with Gasteiger partial charge in [0.2, 0.25) is 11.6 Å². The summed E-state index contributed by atoms with van der Waals surface area (Å²) in [4.78, 5) is 20.7. The fraction of sp³-hybridized carbons (Fsp3) is 0.312. The Bertz CT molecular complexity index is 851. The smallest absolute Gasteiger partial charge is 0.231 e. The number of rotatable bonds is 3. The van der Waals surface area contributed by atoms with Crippen LogP contribution in [0.15, 0.2) is 33.6 Å². The molecule has 112 valence electrons. The van der Waals surface area contributed by atoms with Crippen LogP contribution in [-0.2, 0) is 4.79 Å². The van der Waals surface area contributed by atoms with E-state index in [4.69, 9.17) is 8.83 Å². The first-order valence-electron chi connectivity index (χ1n) is 7.20. The maximum Gasteiger partial charge on any atom is 0.231 e. The third kappa shape index (κ3) is 1.99. The van der Waals surface area contributed by atoms with Gasteiger partial charge >= 0.3 is 0 Å². The minimum atomic E-state index is -0.0653. The second kappa shape index (κ2) is 4.69. The molecule has 0 bridgehead atoms. The Labute approximate surface area is 126 Å². The molecule has 0 saturated heterocycles. The second-order valence-corrected chi connectivity index (χ2v) is 5.64. The minimum Gasteiger partial charge on any atom is -0.469 e. The zero-order valence-electron chi connectivity index (χ0n) is 12.3. The number of fused-ring (bicyclic) bond motifs is 1. The van der Waals surface area contributed by atoms with Crippen molar-refractivity contribution in [1.29, 1.82) is 0 Å². The fourth-order valence-corrected chi connectivity index (χ4v) is 2.79. The molecule has 0 spiro atoms. The van der Waals surface area contributed by atoms with Crippen LogP contribution in [0.3, 0.4) is 0 Å². The minimum absolute atomic E-state index is 0.0420. The van der Waals surface area contributed by atoms with Gasteiger partial charge in [0.15, 0.2) is 0 Å². The molecule has 0 unspecified atom stereocenters. The lowest BCUT2D eigenvalue weighted by molar-refractivity contribution is -0.117. The normalized spacial score (nSPS) is 20.3. The van der Waals surface area contributed by atoms with E-state index >= 15 is 0 Å². The van der Waals surface area contributed by atoms with Crippen LogP contribution >= 0.6 is 0 Å². The number of carbonyl (C=O) groups is 1. The highest BCUT2D eigenvalue weighted by Crippen LogP contribution is 2.48. The molecular formula is C16H15N3O3. The van der Waals surface area contributed by atoms with E-state index in [-0.39, 0.29) is 17.7 Å². The van der Waals surface area contributed by atoms with Gasteiger partial charge in [-0.3, -0.25) is 4.79 Å². The zero-order chi connectivity index (χ0) is 15.3. The number of nitrogens with zero attached hydrogens (tertiary/aromatic N) is 2. The Morgan fingerprint density at radius 3 is 3.00 bits per heavy atom. The molecule has 0 aliphatic heterocycles. The van der Waals surface area contributed by atoms with E-state index in [1.54, 1.807) is 6.26 Å². The van der Waals surface area contributed by atoms with Crippen LogP contribution < -0.4 is 5.32 Å². The lowest BCUT2D eigenvalue weighted by atomic mass is 10.2. The molecule has 6 nitrogen and oxygen atoms in total. The average molecular weight is 297 g/mol. The Hall–Kier alpha value is -2.63. The Balaban J connectivity index is 1.58. The van der Waals surface area contributed by atoms with Gasteiger partial charge < -0.3 is 14.2 Å².